The number of allylic oxidation sites excluding steroid dienone is 2. The van der Waals surface area contributed by atoms with Gasteiger partial charge in [-0.3, -0.25) is 34.3 Å². The third kappa shape index (κ3) is 5.65. The Bertz CT molecular complexity index is 2500. The molecule has 0 aromatic heterocycles. The van der Waals surface area contributed by atoms with Crippen LogP contribution in [0.3, 0.4) is 0 Å². The number of aryl methyl sites for hydroxylation is 1. The van der Waals surface area contributed by atoms with Crippen molar-refractivity contribution in [3.05, 3.63) is 167 Å². The SMILES string of the molecule is CCOc1cc([C@H]2C3=CC[C@@H]4C(=O)N(c5ccc(C(=O)c6ccccc6)cc5)C(=O)[C@@H]4[C@@H]3C[C@H]3C(=O)N(Nc4ccc(C)cc4)C(=O)[C@@]23c2ccccc2)ccc1O. The van der Waals surface area contributed by atoms with Crippen LogP contribution in [0.4, 0.5) is 11.4 Å². The second-order valence-corrected chi connectivity index (χ2v) is 15.5. The number of benzene rings is 5. The highest BCUT2D eigenvalue weighted by atomic mass is 16.5. The smallest absolute Gasteiger partial charge is 0.260 e. The van der Waals surface area contributed by atoms with Crippen molar-refractivity contribution in [1.82, 2.24) is 5.01 Å². The molecule has 2 aliphatic carbocycles. The van der Waals surface area contributed by atoms with Crippen LogP contribution in [-0.2, 0) is 24.6 Å². The summed E-state index contributed by atoms with van der Waals surface area (Å²) < 4.78 is 5.85. The van der Waals surface area contributed by atoms with E-state index in [9.17, 15) is 24.3 Å². The van der Waals surface area contributed by atoms with E-state index in [0.29, 0.717) is 33.6 Å². The molecule has 2 saturated heterocycles. The predicted octanol–water partition coefficient (Wildman–Crippen LogP) is 7.52. The van der Waals surface area contributed by atoms with E-state index in [-0.39, 0.29) is 48.5 Å². The predicted molar refractivity (Wildman–Crippen MR) is 217 cm³/mol. The Balaban J connectivity index is 1.16. The molecule has 1 saturated carbocycles. The molecule has 5 aromatic rings. The van der Waals surface area contributed by atoms with Gasteiger partial charge in [-0.05, 0) is 92.3 Å². The van der Waals surface area contributed by atoms with Gasteiger partial charge in [0.25, 0.3) is 11.8 Å². The van der Waals surface area contributed by atoms with E-state index < -0.39 is 46.8 Å². The fourth-order valence-electron chi connectivity index (χ4n) is 9.88. The number of ketones is 1. The number of aromatic hydroxyl groups is 1. The van der Waals surface area contributed by atoms with Crippen LogP contribution >= 0.6 is 0 Å². The van der Waals surface area contributed by atoms with Crippen LogP contribution in [0, 0.1) is 30.6 Å². The molecule has 0 radical (unpaired) electrons. The Morgan fingerprint density at radius 2 is 1.47 bits per heavy atom. The maximum atomic E-state index is 15.4. The Morgan fingerprint density at radius 1 is 0.793 bits per heavy atom. The van der Waals surface area contributed by atoms with Gasteiger partial charge in [-0.2, -0.15) is 5.01 Å². The first-order valence-corrected chi connectivity index (χ1v) is 19.6. The molecule has 10 nitrogen and oxygen atoms in total. The summed E-state index contributed by atoms with van der Waals surface area (Å²) in [7, 11) is 0. The molecular formula is C48H41N3O7. The van der Waals surface area contributed by atoms with Gasteiger partial charge in [0.1, 0.15) is 0 Å². The minimum Gasteiger partial charge on any atom is -0.504 e. The minimum absolute atomic E-state index is 0.0684. The van der Waals surface area contributed by atoms with E-state index >= 15 is 4.79 Å². The van der Waals surface area contributed by atoms with Crippen molar-refractivity contribution in [1.29, 1.82) is 0 Å². The summed E-state index contributed by atoms with van der Waals surface area (Å²) in [5.74, 6) is -5.39. The standard InChI is InChI=1S/C48H41N3O7/c1-3-58-40-26-31(18-25-39(40)52)42-35-23-24-36-41(46(56)50(44(36)54)34-21-16-30(17-22-34)43(53)29-10-6-4-7-11-29)37(35)27-38-45(55)51(49-33-19-14-28(2)15-20-33)47(57)48(38,42)32-12-8-5-9-13-32/h4-23,25-26,36-38,41-42,49,52H,3,24,27H2,1-2H3/t36-,37+,38-,41-,42-,48+/m0/s1. The van der Waals surface area contributed by atoms with Crippen LogP contribution in [0.1, 0.15) is 58.3 Å². The van der Waals surface area contributed by atoms with E-state index in [2.05, 4.69) is 5.43 Å². The summed E-state index contributed by atoms with van der Waals surface area (Å²) in [5.41, 5.74) is 6.63. The van der Waals surface area contributed by atoms with Gasteiger partial charge in [0.15, 0.2) is 17.3 Å². The molecular weight excluding hydrogens is 731 g/mol. The maximum Gasteiger partial charge on any atom is 0.260 e. The Morgan fingerprint density at radius 3 is 2.16 bits per heavy atom. The number of hydrogen-bond acceptors (Lipinski definition) is 8. The Labute approximate surface area is 335 Å². The highest BCUT2D eigenvalue weighted by Gasteiger charge is 2.70. The average molecular weight is 772 g/mol. The van der Waals surface area contributed by atoms with Gasteiger partial charge < -0.3 is 9.84 Å². The molecule has 0 bridgehead atoms. The van der Waals surface area contributed by atoms with E-state index in [0.717, 1.165) is 16.1 Å². The van der Waals surface area contributed by atoms with Crippen LogP contribution in [0.2, 0.25) is 0 Å². The van der Waals surface area contributed by atoms with Gasteiger partial charge in [0.2, 0.25) is 11.8 Å². The number of phenols is 1. The molecule has 3 fully saturated rings. The molecule has 290 valence electrons. The fourth-order valence-corrected chi connectivity index (χ4v) is 9.88. The molecule has 10 heteroatoms. The number of hydrogen-bond donors (Lipinski definition) is 2. The molecule has 5 aromatic carbocycles. The Hall–Kier alpha value is -6.81. The largest absolute Gasteiger partial charge is 0.504 e. The molecule has 9 rings (SSSR count). The molecule has 2 aliphatic heterocycles. The summed E-state index contributed by atoms with van der Waals surface area (Å²) >= 11 is 0. The van der Waals surface area contributed by atoms with Crippen molar-refractivity contribution in [3.8, 4) is 11.5 Å². The van der Waals surface area contributed by atoms with E-state index in [1.165, 1.54) is 11.0 Å². The zero-order valence-corrected chi connectivity index (χ0v) is 32.0. The summed E-state index contributed by atoms with van der Waals surface area (Å²) in [6, 6.07) is 37.1. The number of fused-ring (bicyclic) bond motifs is 4. The highest BCUT2D eigenvalue weighted by Crippen LogP contribution is 2.64. The summed E-state index contributed by atoms with van der Waals surface area (Å²) in [4.78, 5) is 73.8. The number of nitrogens with one attached hydrogen (secondary N) is 1. The number of carbonyl (C=O) groups excluding carboxylic acids is 5. The number of anilines is 2. The van der Waals surface area contributed by atoms with Crippen molar-refractivity contribution in [3.63, 3.8) is 0 Å². The van der Waals surface area contributed by atoms with Crippen LogP contribution < -0.4 is 15.1 Å². The lowest BCUT2D eigenvalue weighted by Gasteiger charge is -2.50. The van der Waals surface area contributed by atoms with E-state index in [4.69, 9.17) is 4.74 Å². The van der Waals surface area contributed by atoms with Gasteiger partial charge in [0.05, 0.1) is 41.2 Å². The number of ether oxygens (including phenoxy) is 1. The molecule has 2 heterocycles. The molecule has 0 unspecified atom stereocenters. The van der Waals surface area contributed by atoms with Crippen LogP contribution in [0.25, 0.3) is 0 Å². The monoisotopic (exact) mass is 771 g/mol. The molecule has 4 amide bonds. The molecule has 0 spiro atoms. The van der Waals surface area contributed by atoms with Crippen LogP contribution in [-0.4, -0.2) is 46.1 Å². The van der Waals surface area contributed by atoms with Crippen molar-refractivity contribution < 1.29 is 33.8 Å². The van der Waals surface area contributed by atoms with Crippen molar-refractivity contribution in [2.45, 2.75) is 38.0 Å². The lowest BCUT2D eigenvalue weighted by atomic mass is 9.49. The zero-order valence-electron chi connectivity index (χ0n) is 32.0. The lowest BCUT2D eigenvalue weighted by Crippen LogP contribution is -2.53. The first kappa shape index (κ1) is 36.8. The number of nitrogens with zero attached hydrogens (tertiary/aromatic N) is 2. The number of amides is 4. The second kappa shape index (κ2) is 14.3. The van der Waals surface area contributed by atoms with Crippen LogP contribution in [0.5, 0.6) is 11.5 Å². The van der Waals surface area contributed by atoms with Gasteiger partial charge in [0, 0.05) is 17.0 Å². The summed E-state index contributed by atoms with van der Waals surface area (Å²) in [5, 5.41) is 12.0. The van der Waals surface area contributed by atoms with E-state index in [1.807, 2.05) is 80.6 Å². The lowest BCUT2D eigenvalue weighted by molar-refractivity contribution is -0.138. The highest BCUT2D eigenvalue weighted by molar-refractivity contribution is 6.23. The number of rotatable bonds is 9. The van der Waals surface area contributed by atoms with Crippen LogP contribution in [0.15, 0.2) is 139 Å². The Kier molecular flexibility index (Phi) is 9.07. The number of hydrazine groups is 1. The molecule has 58 heavy (non-hydrogen) atoms. The maximum absolute atomic E-state index is 15.4. The minimum atomic E-state index is -1.46. The van der Waals surface area contributed by atoms with Gasteiger partial charge in [-0.25, -0.2) is 0 Å². The molecule has 6 atom stereocenters. The van der Waals surface area contributed by atoms with Gasteiger partial charge in [-0.15, -0.1) is 0 Å². The third-order valence-electron chi connectivity index (χ3n) is 12.4. The van der Waals surface area contributed by atoms with Gasteiger partial charge >= 0.3 is 0 Å². The molecule has 4 aliphatic rings. The normalized spacial score (nSPS) is 24.9. The zero-order chi connectivity index (χ0) is 40.3. The number of phenolic OH excluding ortho intramolecular Hbond substituents is 1. The number of carbonyl (C=O) groups is 5. The van der Waals surface area contributed by atoms with Crippen molar-refractivity contribution in [2.24, 2.45) is 23.7 Å². The second-order valence-electron chi connectivity index (χ2n) is 15.5. The third-order valence-corrected chi connectivity index (χ3v) is 12.4. The van der Waals surface area contributed by atoms with Crippen molar-refractivity contribution in [2.75, 3.05) is 16.9 Å². The summed E-state index contributed by atoms with van der Waals surface area (Å²) in [6.45, 7) is 4.04. The topological polar surface area (TPSA) is 133 Å². The first-order chi connectivity index (χ1) is 28.1. The number of imide groups is 2. The first-order valence-electron chi connectivity index (χ1n) is 19.6. The summed E-state index contributed by atoms with van der Waals surface area (Å²) in [6.07, 6.45) is 2.38. The fraction of sp³-hybridized carbons (Fsp3) is 0.229. The van der Waals surface area contributed by atoms with E-state index in [1.54, 1.807) is 60.7 Å². The van der Waals surface area contributed by atoms with Crippen molar-refractivity contribution >= 4 is 40.8 Å². The quantitative estimate of drug-likeness (QED) is 0.0894. The molecule has 2 N–H and O–H groups in total. The average Bonchev–Trinajstić information content (AvgIpc) is 3.63. The van der Waals surface area contributed by atoms with Gasteiger partial charge in [-0.1, -0.05) is 96.1 Å².